The molecular weight excluding hydrogens is 252 g/mol. The van der Waals surface area contributed by atoms with Gasteiger partial charge in [0, 0.05) is 0 Å². The highest BCUT2D eigenvalue weighted by Crippen LogP contribution is 2.64. The van der Waals surface area contributed by atoms with E-state index < -0.39 is 0 Å². The first-order chi connectivity index (χ1) is 10.2. The Morgan fingerprint density at radius 2 is 2.05 bits per heavy atom. The summed E-state index contributed by atoms with van der Waals surface area (Å²) in [7, 11) is 0. The predicted molar refractivity (Wildman–Crippen MR) is 88.1 cm³/mol. The van der Waals surface area contributed by atoms with Crippen molar-refractivity contribution < 1.29 is 0 Å². The van der Waals surface area contributed by atoms with Gasteiger partial charge in [0.05, 0.1) is 0 Å². The zero-order valence-corrected chi connectivity index (χ0v) is 13.1. The van der Waals surface area contributed by atoms with Gasteiger partial charge in [-0.1, -0.05) is 48.4 Å². The smallest absolute Gasteiger partial charge is 0.00587 e. The molecular formula is C21H24. The molecule has 1 aromatic carbocycles. The standard InChI is InChI=1S/C21H24/c1-12-3-6-15-16-7-4-13(2)10-20(16)21-17(19(15)9-12)8-5-14-11-18(14)21/h3-4,6-7,10,12,14,17-18,21H,5,8-9,11H2,1-2H3. The lowest BCUT2D eigenvalue weighted by atomic mass is 9.62. The second-order valence-corrected chi connectivity index (χ2v) is 7.94. The van der Waals surface area contributed by atoms with Crippen molar-refractivity contribution in [2.45, 2.75) is 45.4 Å². The van der Waals surface area contributed by atoms with Crippen molar-refractivity contribution >= 4 is 5.57 Å². The third-order valence-corrected chi connectivity index (χ3v) is 6.50. The van der Waals surface area contributed by atoms with Crippen molar-refractivity contribution in [1.82, 2.24) is 0 Å². The van der Waals surface area contributed by atoms with E-state index in [1.54, 1.807) is 22.3 Å². The molecule has 0 heteroatoms. The Hall–Kier alpha value is -1.30. The van der Waals surface area contributed by atoms with Crippen LogP contribution in [0.4, 0.5) is 0 Å². The summed E-state index contributed by atoms with van der Waals surface area (Å²) in [4.78, 5) is 0. The topological polar surface area (TPSA) is 0 Å². The second-order valence-electron chi connectivity index (χ2n) is 7.94. The minimum Gasteiger partial charge on any atom is -0.0808 e. The van der Waals surface area contributed by atoms with Crippen molar-refractivity contribution in [2.75, 3.05) is 0 Å². The molecule has 5 unspecified atom stereocenters. The van der Waals surface area contributed by atoms with Crippen LogP contribution in [-0.4, -0.2) is 0 Å². The summed E-state index contributed by atoms with van der Waals surface area (Å²) >= 11 is 0. The lowest BCUT2D eigenvalue weighted by Crippen LogP contribution is -2.28. The molecule has 0 N–H and O–H groups in total. The van der Waals surface area contributed by atoms with E-state index in [-0.39, 0.29) is 0 Å². The second kappa shape index (κ2) is 4.12. The number of hydrogen-bond donors (Lipinski definition) is 0. The minimum atomic E-state index is 0.730. The molecule has 5 rings (SSSR count). The van der Waals surface area contributed by atoms with Gasteiger partial charge >= 0.3 is 0 Å². The molecule has 2 fully saturated rings. The molecule has 2 saturated carbocycles. The van der Waals surface area contributed by atoms with Gasteiger partial charge in [-0.25, -0.2) is 0 Å². The normalized spacial score (nSPS) is 39.2. The summed E-state index contributed by atoms with van der Waals surface area (Å²) < 4.78 is 0. The van der Waals surface area contributed by atoms with Crippen LogP contribution < -0.4 is 0 Å². The molecule has 0 aliphatic heterocycles. The highest BCUT2D eigenvalue weighted by molar-refractivity contribution is 5.82. The molecule has 1 aromatic rings. The Kier molecular flexibility index (Phi) is 2.41. The Labute approximate surface area is 128 Å². The molecule has 108 valence electrons. The lowest BCUT2D eigenvalue weighted by molar-refractivity contribution is 0.315. The molecule has 21 heavy (non-hydrogen) atoms. The molecule has 4 aliphatic rings. The summed E-state index contributed by atoms with van der Waals surface area (Å²) in [6, 6.07) is 7.22. The van der Waals surface area contributed by atoms with Crippen LogP contribution in [0.5, 0.6) is 0 Å². The van der Waals surface area contributed by atoms with Crippen LogP contribution >= 0.6 is 0 Å². The van der Waals surface area contributed by atoms with Crippen molar-refractivity contribution in [3.8, 4) is 0 Å². The average Bonchev–Trinajstić information content (AvgIpc) is 3.26. The van der Waals surface area contributed by atoms with Gasteiger partial charge in [0.1, 0.15) is 0 Å². The van der Waals surface area contributed by atoms with Crippen molar-refractivity contribution in [1.29, 1.82) is 0 Å². The molecule has 0 radical (unpaired) electrons. The summed E-state index contributed by atoms with van der Waals surface area (Å²) in [5, 5.41) is 0. The molecule has 0 saturated heterocycles. The molecule has 5 atom stereocenters. The molecule has 0 spiro atoms. The number of benzene rings is 1. The third-order valence-electron chi connectivity index (χ3n) is 6.50. The molecule has 0 amide bonds. The van der Waals surface area contributed by atoms with Crippen LogP contribution in [0.2, 0.25) is 0 Å². The van der Waals surface area contributed by atoms with E-state index in [0.717, 1.165) is 29.6 Å². The van der Waals surface area contributed by atoms with Gasteiger partial charge in [-0.3, -0.25) is 0 Å². The van der Waals surface area contributed by atoms with E-state index in [9.17, 15) is 0 Å². The Balaban J connectivity index is 1.73. The summed E-state index contributed by atoms with van der Waals surface area (Å²) in [5.74, 6) is 4.48. The first kappa shape index (κ1) is 12.3. The Bertz CT molecular complexity index is 675. The van der Waals surface area contributed by atoms with E-state index >= 15 is 0 Å². The quantitative estimate of drug-likeness (QED) is 0.588. The van der Waals surface area contributed by atoms with Crippen LogP contribution in [0.3, 0.4) is 0 Å². The van der Waals surface area contributed by atoms with Crippen molar-refractivity contribution in [2.24, 2.45) is 23.7 Å². The summed E-state index contributed by atoms with van der Waals surface area (Å²) in [6.45, 7) is 4.63. The predicted octanol–water partition coefficient (Wildman–Crippen LogP) is 5.49. The molecule has 4 aliphatic carbocycles. The van der Waals surface area contributed by atoms with E-state index in [1.807, 2.05) is 0 Å². The lowest BCUT2D eigenvalue weighted by Gasteiger charge is -2.42. The average molecular weight is 276 g/mol. The maximum Gasteiger partial charge on any atom is -0.00587 e. The van der Waals surface area contributed by atoms with Crippen molar-refractivity contribution in [3.63, 3.8) is 0 Å². The van der Waals surface area contributed by atoms with Crippen LogP contribution in [0.25, 0.3) is 5.57 Å². The maximum atomic E-state index is 2.50. The number of rotatable bonds is 0. The molecule has 0 aromatic heterocycles. The third kappa shape index (κ3) is 1.68. The highest BCUT2D eigenvalue weighted by atomic mass is 14.6. The van der Waals surface area contributed by atoms with Gasteiger partial charge in [0.25, 0.3) is 0 Å². The van der Waals surface area contributed by atoms with Gasteiger partial charge in [0.2, 0.25) is 0 Å². The van der Waals surface area contributed by atoms with Gasteiger partial charge in [-0.15, -0.1) is 0 Å². The first-order valence-corrected chi connectivity index (χ1v) is 8.74. The highest BCUT2D eigenvalue weighted by Gasteiger charge is 2.52. The van der Waals surface area contributed by atoms with Crippen LogP contribution in [0.15, 0.2) is 35.9 Å². The fourth-order valence-electron chi connectivity index (χ4n) is 5.46. The maximum absolute atomic E-state index is 2.50. The molecule has 0 bridgehead atoms. The fourth-order valence-corrected chi connectivity index (χ4v) is 5.46. The summed E-state index contributed by atoms with van der Waals surface area (Å²) in [6.07, 6.45) is 10.6. The molecule has 0 heterocycles. The largest absolute Gasteiger partial charge is 0.0808 e. The van der Waals surface area contributed by atoms with Gasteiger partial charge in [0.15, 0.2) is 0 Å². The summed E-state index contributed by atoms with van der Waals surface area (Å²) in [5.41, 5.74) is 8.07. The monoisotopic (exact) mass is 276 g/mol. The molecule has 0 nitrogen and oxygen atoms in total. The van der Waals surface area contributed by atoms with E-state index in [0.29, 0.717) is 0 Å². The number of fused-ring (bicyclic) bond motifs is 7. The van der Waals surface area contributed by atoms with Gasteiger partial charge < -0.3 is 0 Å². The van der Waals surface area contributed by atoms with E-state index in [4.69, 9.17) is 0 Å². The number of aryl methyl sites for hydroxylation is 1. The zero-order chi connectivity index (χ0) is 14.1. The Morgan fingerprint density at radius 1 is 1.14 bits per heavy atom. The van der Waals surface area contributed by atoms with Gasteiger partial charge in [-0.2, -0.15) is 0 Å². The SMILES string of the molecule is Cc1ccc2c(c1)C1C(CCC3CC31)C1=C2C=CC(C)C1. The van der Waals surface area contributed by atoms with Crippen LogP contribution in [-0.2, 0) is 0 Å². The first-order valence-electron chi connectivity index (χ1n) is 8.74. The van der Waals surface area contributed by atoms with Gasteiger partial charge in [-0.05, 0) is 78.9 Å². The van der Waals surface area contributed by atoms with Crippen LogP contribution in [0, 0.1) is 30.6 Å². The van der Waals surface area contributed by atoms with E-state index in [1.165, 1.54) is 31.2 Å². The van der Waals surface area contributed by atoms with E-state index in [2.05, 4.69) is 44.2 Å². The zero-order valence-electron chi connectivity index (χ0n) is 13.1. The number of hydrogen-bond acceptors (Lipinski definition) is 0. The van der Waals surface area contributed by atoms with Crippen LogP contribution in [0.1, 0.15) is 55.2 Å². The minimum absolute atomic E-state index is 0.730. The number of allylic oxidation sites excluding steroid dienone is 4. The fraction of sp³-hybridized carbons (Fsp3) is 0.524. The van der Waals surface area contributed by atoms with Crippen molar-refractivity contribution in [3.05, 3.63) is 52.6 Å². The Morgan fingerprint density at radius 3 is 2.95 bits per heavy atom.